The lowest BCUT2D eigenvalue weighted by atomic mass is 10.4. The molecule has 10 heavy (non-hydrogen) atoms. The van der Waals surface area contributed by atoms with Crippen molar-refractivity contribution in [2.75, 3.05) is 0 Å². The molecule has 0 fully saturated rings. The van der Waals surface area contributed by atoms with Gasteiger partial charge in [0.15, 0.2) is 5.75 Å². The molecule has 49 valence electrons. The average Bonchev–Trinajstić information content (AvgIpc) is 2.33. The minimum Gasteiger partial charge on any atom is -0.324 e. The second-order valence-corrected chi connectivity index (χ2v) is 2.20. The van der Waals surface area contributed by atoms with Crippen LogP contribution in [0.5, 0.6) is 5.75 Å². The second-order valence-electron chi connectivity index (χ2n) is 2.20. The Balaban J connectivity index is 2.86. The van der Waals surface area contributed by atoms with Crippen molar-refractivity contribution in [3.63, 3.8) is 0 Å². The van der Waals surface area contributed by atoms with Gasteiger partial charge < -0.3 is 4.40 Å². The highest BCUT2D eigenvalue weighted by Gasteiger charge is 1.92. The summed E-state index contributed by atoms with van der Waals surface area (Å²) in [5.74, 6) is 0.0613. The summed E-state index contributed by atoms with van der Waals surface area (Å²) >= 11 is 0. The molecule has 2 aromatic heterocycles. The zero-order valence-electron chi connectivity index (χ0n) is 5.32. The third-order valence-electron chi connectivity index (χ3n) is 1.50. The van der Waals surface area contributed by atoms with Crippen LogP contribution in [0.4, 0.5) is 0 Å². The molecule has 1 radical (unpaired) electrons. The maximum Gasteiger partial charge on any atom is 0.182 e. The molecular weight excluding hydrogens is 126 g/mol. The van der Waals surface area contributed by atoms with Gasteiger partial charge in [-0.25, -0.2) is 0 Å². The van der Waals surface area contributed by atoms with E-state index in [1.54, 1.807) is 18.3 Å². The predicted molar refractivity (Wildman–Crippen MR) is 37.5 cm³/mol. The van der Waals surface area contributed by atoms with Crippen LogP contribution in [0.1, 0.15) is 0 Å². The molecule has 2 rings (SSSR count). The topological polar surface area (TPSA) is 24.3 Å². The Morgan fingerprint density at radius 1 is 1.20 bits per heavy atom. The van der Waals surface area contributed by atoms with Gasteiger partial charge >= 0.3 is 0 Å². The summed E-state index contributed by atoms with van der Waals surface area (Å²) in [6.45, 7) is 0. The number of aromatic nitrogens is 1. The molecular formula is C8H6NO. The lowest BCUT2D eigenvalue weighted by molar-refractivity contribution is 0.355. The number of rotatable bonds is 0. The quantitative estimate of drug-likeness (QED) is 0.524. The van der Waals surface area contributed by atoms with Gasteiger partial charge in [0.2, 0.25) is 0 Å². The number of nitrogens with zero attached hydrogens (tertiary/aromatic N) is 1. The molecule has 0 amide bonds. The zero-order valence-corrected chi connectivity index (χ0v) is 5.32. The van der Waals surface area contributed by atoms with Crippen LogP contribution in [0, 0.1) is 0 Å². The Kier molecular flexibility index (Phi) is 0.947. The molecule has 2 nitrogen and oxygen atoms in total. The number of hydrogen-bond acceptors (Lipinski definition) is 0. The maximum atomic E-state index is 10.8. The maximum absolute atomic E-state index is 10.8. The van der Waals surface area contributed by atoms with Gasteiger partial charge in [0, 0.05) is 30.0 Å². The van der Waals surface area contributed by atoms with Crippen LogP contribution in [0.3, 0.4) is 0 Å². The Morgan fingerprint density at radius 2 is 2.10 bits per heavy atom. The normalized spacial score (nSPS) is 10.4. The lowest BCUT2D eigenvalue weighted by Gasteiger charge is -1.91. The first-order valence-electron chi connectivity index (χ1n) is 3.10. The van der Waals surface area contributed by atoms with E-state index in [4.69, 9.17) is 0 Å². The van der Waals surface area contributed by atoms with Crippen molar-refractivity contribution in [3.05, 3.63) is 36.7 Å². The van der Waals surface area contributed by atoms with Gasteiger partial charge in [-0.2, -0.15) is 0 Å². The molecule has 0 saturated carbocycles. The molecule has 0 saturated heterocycles. The van der Waals surface area contributed by atoms with Crippen molar-refractivity contribution in [2.24, 2.45) is 0 Å². The molecule has 2 aromatic rings. The third kappa shape index (κ3) is 0.658. The molecule has 0 spiro atoms. The fourth-order valence-corrected chi connectivity index (χ4v) is 1.01. The number of fused-ring (bicyclic) bond motifs is 1. The lowest BCUT2D eigenvalue weighted by Crippen LogP contribution is -1.76. The molecule has 0 bridgehead atoms. The Bertz CT molecular complexity index is 351. The Morgan fingerprint density at radius 3 is 3.00 bits per heavy atom. The minimum absolute atomic E-state index is 0.0613. The van der Waals surface area contributed by atoms with Gasteiger partial charge in [0.25, 0.3) is 0 Å². The van der Waals surface area contributed by atoms with Crippen LogP contribution in [0.25, 0.3) is 5.52 Å². The molecule has 0 unspecified atom stereocenters. The molecule has 0 N–H and O–H groups in total. The molecule has 2 heteroatoms. The fraction of sp³-hybridized carbons (Fsp3) is 0. The van der Waals surface area contributed by atoms with Crippen molar-refractivity contribution in [1.82, 2.24) is 4.40 Å². The summed E-state index contributed by atoms with van der Waals surface area (Å²) < 4.78 is 1.90. The van der Waals surface area contributed by atoms with E-state index in [2.05, 4.69) is 0 Å². The minimum atomic E-state index is 0.0613. The second kappa shape index (κ2) is 1.77. The van der Waals surface area contributed by atoms with E-state index in [0.29, 0.717) is 0 Å². The van der Waals surface area contributed by atoms with E-state index in [1.165, 1.54) is 0 Å². The highest BCUT2D eigenvalue weighted by molar-refractivity contribution is 5.50. The van der Waals surface area contributed by atoms with Crippen LogP contribution < -0.4 is 0 Å². The van der Waals surface area contributed by atoms with Gasteiger partial charge in [-0.3, -0.25) is 5.11 Å². The van der Waals surface area contributed by atoms with E-state index in [0.717, 1.165) is 5.52 Å². The van der Waals surface area contributed by atoms with Gasteiger partial charge in [-0.15, -0.1) is 0 Å². The summed E-state index contributed by atoms with van der Waals surface area (Å²) in [6, 6.07) is 6.98. The highest BCUT2D eigenvalue weighted by Crippen LogP contribution is 2.12. The van der Waals surface area contributed by atoms with Crippen molar-refractivity contribution in [2.45, 2.75) is 0 Å². The standard InChI is InChI=1S/C8H6NO/c10-8-3-5-9-4-1-2-7(9)6-8/h1-6H. The monoisotopic (exact) mass is 132 g/mol. The van der Waals surface area contributed by atoms with Crippen LogP contribution in [-0.4, -0.2) is 4.40 Å². The van der Waals surface area contributed by atoms with E-state index < -0.39 is 0 Å². The van der Waals surface area contributed by atoms with Crippen LogP contribution in [0.15, 0.2) is 36.7 Å². The Hall–Kier alpha value is -1.44. The molecule has 0 aliphatic rings. The molecule has 0 aromatic carbocycles. The van der Waals surface area contributed by atoms with E-state index >= 15 is 0 Å². The summed E-state index contributed by atoms with van der Waals surface area (Å²) in [5.41, 5.74) is 0.951. The summed E-state index contributed by atoms with van der Waals surface area (Å²) in [5, 5.41) is 10.8. The van der Waals surface area contributed by atoms with Crippen LogP contribution >= 0.6 is 0 Å². The summed E-state index contributed by atoms with van der Waals surface area (Å²) in [7, 11) is 0. The van der Waals surface area contributed by atoms with Crippen LogP contribution in [0.2, 0.25) is 0 Å². The van der Waals surface area contributed by atoms with E-state index in [9.17, 15) is 5.11 Å². The van der Waals surface area contributed by atoms with E-state index in [1.807, 2.05) is 22.7 Å². The van der Waals surface area contributed by atoms with Gasteiger partial charge in [-0.1, -0.05) is 0 Å². The molecule has 0 aliphatic heterocycles. The van der Waals surface area contributed by atoms with Crippen molar-refractivity contribution in [1.29, 1.82) is 0 Å². The first-order chi connectivity index (χ1) is 4.86. The Labute approximate surface area is 58.3 Å². The number of pyridine rings is 1. The van der Waals surface area contributed by atoms with Crippen molar-refractivity contribution in [3.8, 4) is 5.75 Å². The summed E-state index contributed by atoms with van der Waals surface area (Å²) in [6.07, 6.45) is 3.67. The third-order valence-corrected chi connectivity index (χ3v) is 1.50. The predicted octanol–water partition coefficient (Wildman–Crippen LogP) is 2.08. The SMILES string of the molecule is [O]c1ccn2cccc2c1. The van der Waals surface area contributed by atoms with Gasteiger partial charge in [0.05, 0.1) is 0 Å². The summed E-state index contributed by atoms with van der Waals surface area (Å²) in [4.78, 5) is 0. The average molecular weight is 132 g/mol. The largest absolute Gasteiger partial charge is 0.324 e. The highest BCUT2D eigenvalue weighted by atomic mass is 16.3. The van der Waals surface area contributed by atoms with Gasteiger partial charge in [-0.05, 0) is 12.1 Å². The smallest absolute Gasteiger partial charge is 0.182 e. The van der Waals surface area contributed by atoms with Crippen LogP contribution in [-0.2, 0) is 5.11 Å². The van der Waals surface area contributed by atoms with Gasteiger partial charge in [0.1, 0.15) is 0 Å². The fourth-order valence-electron chi connectivity index (χ4n) is 1.01. The first-order valence-corrected chi connectivity index (χ1v) is 3.10. The first kappa shape index (κ1) is 5.35. The molecule has 2 heterocycles. The molecule has 0 atom stereocenters. The zero-order chi connectivity index (χ0) is 6.97. The van der Waals surface area contributed by atoms with Crippen molar-refractivity contribution >= 4 is 5.52 Å². The van der Waals surface area contributed by atoms with Crippen molar-refractivity contribution < 1.29 is 5.11 Å². The van der Waals surface area contributed by atoms with E-state index in [-0.39, 0.29) is 5.75 Å². The number of hydrogen-bond donors (Lipinski definition) is 0. The molecule has 0 aliphatic carbocycles.